The van der Waals surface area contributed by atoms with E-state index in [1.807, 2.05) is 13.2 Å². The molecular formula is C17H22N2. The first-order chi connectivity index (χ1) is 9.31. The Morgan fingerprint density at radius 2 is 1.89 bits per heavy atom. The fourth-order valence-electron chi connectivity index (χ4n) is 2.22. The zero-order valence-electron chi connectivity index (χ0n) is 11.8. The van der Waals surface area contributed by atoms with Crippen LogP contribution in [0.25, 0.3) is 11.3 Å². The van der Waals surface area contributed by atoms with Gasteiger partial charge in [-0.3, -0.25) is 4.98 Å². The van der Waals surface area contributed by atoms with Gasteiger partial charge < -0.3 is 5.32 Å². The van der Waals surface area contributed by atoms with Gasteiger partial charge in [-0.25, -0.2) is 0 Å². The molecule has 0 aliphatic heterocycles. The van der Waals surface area contributed by atoms with Crippen LogP contribution in [-0.4, -0.2) is 18.6 Å². The van der Waals surface area contributed by atoms with Crippen molar-refractivity contribution in [3.8, 4) is 11.3 Å². The molecule has 0 saturated heterocycles. The second kappa shape index (κ2) is 7.05. The number of pyridine rings is 1. The highest BCUT2D eigenvalue weighted by Gasteiger charge is 2.02. The molecule has 0 fully saturated rings. The molecular weight excluding hydrogens is 232 g/mol. The third-order valence-electron chi connectivity index (χ3n) is 3.39. The van der Waals surface area contributed by atoms with Crippen molar-refractivity contribution in [2.24, 2.45) is 0 Å². The number of hydrogen-bond donors (Lipinski definition) is 1. The largest absolute Gasteiger partial charge is 0.320 e. The molecule has 0 amide bonds. The van der Waals surface area contributed by atoms with E-state index in [0.717, 1.165) is 18.7 Å². The van der Waals surface area contributed by atoms with Crippen LogP contribution >= 0.6 is 0 Å². The smallest absolute Gasteiger partial charge is 0.0704 e. The Balaban J connectivity index is 2.01. The van der Waals surface area contributed by atoms with Crippen LogP contribution in [0, 0.1) is 6.92 Å². The minimum Gasteiger partial charge on any atom is -0.320 e. The molecule has 0 spiro atoms. The lowest BCUT2D eigenvalue weighted by Crippen LogP contribution is -2.07. The standard InChI is InChI=1S/C17H22N2/c1-14-7-3-4-9-16(14)17-11-10-15(13-19-17)8-5-6-12-18-2/h3-4,7,9-11,13,18H,5-6,8,12H2,1-2H3. The predicted octanol–water partition coefficient (Wildman–Crippen LogP) is 3.60. The van der Waals surface area contributed by atoms with Gasteiger partial charge in [-0.15, -0.1) is 0 Å². The van der Waals surface area contributed by atoms with Gasteiger partial charge in [0.1, 0.15) is 0 Å². The lowest BCUT2D eigenvalue weighted by Gasteiger charge is -2.06. The van der Waals surface area contributed by atoms with E-state index in [2.05, 4.69) is 53.6 Å². The molecule has 2 nitrogen and oxygen atoms in total. The molecule has 0 atom stereocenters. The number of nitrogens with zero attached hydrogens (tertiary/aromatic N) is 1. The van der Waals surface area contributed by atoms with Crippen LogP contribution < -0.4 is 5.32 Å². The number of nitrogens with one attached hydrogen (secondary N) is 1. The predicted molar refractivity (Wildman–Crippen MR) is 81.3 cm³/mol. The summed E-state index contributed by atoms with van der Waals surface area (Å²) in [5, 5.41) is 3.18. The molecule has 0 bridgehead atoms. The SMILES string of the molecule is CNCCCCc1ccc(-c2ccccc2C)nc1. The maximum Gasteiger partial charge on any atom is 0.0704 e. The summed E-state index contributed by atoms with van der Waals surface area (Å²) < 4.78 is 0. The van der Waals surface area contributed by atoms with E-state index in [0.29, 0.717) is 0 Å². The molecule has 0 radical (unpaired) electrons. The van der Waals surface area contributed by atoms with Gasteiger partial charge in [-0.2, -0.15) is 0 Å². The van der Waals surface area contributed by atoms with Crippen molar-refractivity contribution >= 4 is 0 Å². The van der Waals surface area contributed by atoms with Crippen LogP contribution in [0.15, 0.2) is 42.6 Å². The molecule has 2 aromatic rings. The Bertz CT molecular complexity index is 503. The number of rotatable bonds is 6. The van der Waals surface area contributed by atoms with E-state index in [1.54, 1.807) is 0 Å². The molecule has 2 heteroatoms. The number of aromatic nitrogens is 1. The first kappa shape index (κ1) is 13.8. The van der Waals surface area contributed by atoms with Gasteiger partial charge in [0.15, 0.2) is 0 Å². The Hall–Kier alpha value is -1.67. The van der Waals surface area contributed by atoms with Crippen LogP contribution in [0.4, 0.5) is 0 Å². The van der Waals surface area contributed by atoms with Crippen LogP contribution in [0.5, 0.6) is 0 Å². The number of aryl methyl sites for hydroxylation is 2. The highest BCUT2D eigenvalue weighted by atomic mass is 14.8. The minimum atomic E-state index is 1.07. The Morgan fingerprint density at radius 3 is 2.58 bits per heavy atom. The first-order valence-corrected chi connectivity index (χ1v) is 6.97. The summed E-state index contributed by atoms with van der Waals surface area (Å²) in [6, 6.07) is 12.7. The van der Waals surface area contributed by atoms with Crippen LogP contribution in [0.1, 0.15) is 24.0 Å². The quantitative estimate of drug-likeness (QED) is 0.797. The molecule has 1 heterocycles. The second-order valence-corrected chi connectivity index (χ2v) is 4.93. The lowest BCUT2D eigenvalue weighted by atomic mass is 10.0. The topological polar surface area (TPSA) is 24.9 Å². The van der Waals surface area contributed by atoms with E-state index in [-0.39, 0.29) is 0 Å². The fourth-order valence-corrected chi connectivity index (χ4v) is 2.22. The van der Waals surface area contributed by atoms with Gasteiger partial charge in [-0.05, 0) is 57.0 Å². The second-order valence-electron chi connectivity index (χ2n) is 4.93. The van der Waals surface area contributed by atoms with Crippen molar-refractivity contribution < 1.29 is 0 Å². The van der Waals surface area contributed by atoms with Crippen molar-refractivity contribution in [1.29, 1.82) is 0 Å². The van der Waals surface area contributed by atoms with Gasteiger partial charge in [-0.1, -0.05) is 30.3 Å². The maximum absolute atomic E-state index is 4.59. The van der Waals surface area contributed by atoms with Gasteiger partial charge in [0.2, 0.25) is 0 Å². The zero-order valence-corrected chi connectivity index (χ0v) is 11.8. The maximum atomic E-state index is 4.59. The highest BCUT2D eigenvalue weighted by Crippen LogP contribution is 2.21. The number of hydrogen-bond acceptors (Lipinski definition) is 2. The van der Waals surface area contributed by atoms with E-state index in [4.69, 9.17) is 0 Å². The molecule has 1 aromatic carbocycles. The van der Waals surface area contributed by atoms with Crippen molar-refractivity contribution in [1.82, 2.24) is 10.3 Å². The average molecular weight is 254 g/mol. The van der Waals surface area contributed by atoms with E-state index in [9.17, 15) is 0 Å². The summed E-state index contributed by atoms with van der Waals surface area (Å²) in [5.41, 5.74) is 4.89. The third kappa shape index (κ3) is 3.90. The third-order valence-corrected chi connectivity index (χ3v) is 3.39. The summed E-state index contributed by atoms with van der Waals surface area (Å²) in [6.45, 7) is 3.22. The fraction of sp³-hybridized carbons (Fsp3) is 0.353. The lowest BCUT2D eigenvalue weighted by molar-refractivity contribution is 0.676. The molecule has 0 aliphatic rings. The molecule has 2 rings (SSSR count). The molecule has 0 unspecified atom stereocenters. The molecule has 1 aromatic heterocycles. The monoisotopic (exact) mass is 254 g/mol. The van der Waals surface area contributed by atoms with E-state index >= 15 is 0 Å². The van der Waals surface area contributed by atoms with Crippen molar-refractivity contribution in [3.63, 3.8) is 0 Å². The number of unbranched alkanes of at least 4 members (excludes halogenated alkanes) is 1. The molecule has 0 saturated carbocycles. The van der Waals surface area contributed by atoms with Crippen LogP contribution in [0.3, 0.4) is 0 Å². The van der Waals surface area contributed by atoms with Gasteiger partial charge in [0, 0.05) is 11.8 Å². The summed E-state index contributed by atoms with van der Waals surface area (Å²) in [7, 11) is 2.00. The average Bonchev–Trinajstić information content (AvgIpc) is 2.45. The Morgan fingerprint density at radius 1 is 1.05 bits per heavy atom. The molecule has 0 aliphatic carbocycles. The highest BCUT2D eigenvalue weighted by molar-refractivity contribution is 5.63. The van der Waals surface area contributed by atoms with Crippen LogP contribution in [0.2, 0.25) is 0 Å². The summed E-state index contributed by atoms with van der Waals surface area (Å²) in [5.74, 6) is 0. The summed E-state index contributed by atoms with van der Waals surface area (Å²) in [6.07, 6.45) is 5.56. The first-order valence-electron chi connectivity index (χ1n) is 6.97. The number of benzene rings is 1. The summed E-state index contributed by atoms with van der Waals surface area (Å²) >= 11 is 0. The Labute approximate surface area is 115 Å². The molecule has 19 heavy (non-hydrogen) atoms. The summed E-state index contributed by atoms with van der Waals surface area (Å²) in [4.78, 5) is 4.59. The van der Waals surface area contributed by atoms with Gasteiger partial charge >= 0.3 is 0 Å². The van der Waals surface area contributed by atoms with E-state index in [1.165, 1.54) is 29.5 Å². The van der Waals surface area contributed by atoms with Crippen LogP contribution in [-0.2, 0) is 6.42 Å². The minimum absolute atomic E-state index is 1.07. The normalized spacial score (nSPS) is 10.6. The van der Waals surface area contributed by atoms with Gasteiger partial charge in [0.25, 0.3) is 0 Å². The van der Waals surface area contributed by atoms with Crippen molar-refractivity contribution in [2.45, 2.75) is 26.2 Å². The zero-order chi connectivity index (χ0) is 13.5. The Kier molecular flexibility index (Phi) is 5.10. The molecule has 1 N–H and O–H groups in total. The van der Waals surface area contributed by atoms with E-state index < -0.39 is 0 Å². The van der Waals surface area contributed by atoms with Gasteiger partial charge in [0.05, 0.1) is 5.69 Å². The van der Waals surface area contributed by atoms with Crippen molar-refractivity contribution in [3.05, 3.63) is 53.7 Å². The van der Waals surface area contributed by atoms with Crippen molar-refractivity contribution in [2.75, 3.05) is 13.6 Å². The molecule has 100 valence electrons.